The predicted molar refractivity (Wildman–Crippen MR) is 72.2 cm³/mol. The van der Waals surface area contributed by atoms with E-state index >= 15 is 0 Å². The van der Waals surface area contributed by atoms with E-state index in [0.29, 0.717) is 6.42 Å². The predicted octanol–water partition coefficient (Wildman–Crippen LogP) is 2.91. The van der Waals surface area contributed by atoms with Gasteiger partial charge < -0.3 is 10.2 Å². The molecule has 2 rings (SSSR count). The van der Waals surface area contributed by atoms with Crippen LogP contribution in [0.5, 0.6) is 0 Å². The van der Waals surface area contributed by atoms with Crippen molar-refractivity contribution in [2.75, 3.05) is 0 Å². The Balaban J connectivity index is 2.24. The van der Waals surface area contributed by atoms with Gasteiger partial charge in [-0.3, -0.25) is 0 Å². The fourth-order valence-corrected chi connectivity index (χ4v) is 2.21. The van der Waals surface area contributed by atoms with Crippen molar-refractivity contribution in [3.05, 3.63) is 71.8 Å². The Bertz CT molecular complexity index is 412. The third-order valence-electron chi connectivity index (χ3n) is 3.12. The molecule has 18 heavy (non-hydrogen) atoms. The summed E-state index contributed by atoms with van der Waals surface area (Å²) < 4.78 is 0. The van der Waals surface area contributed by atoms with Crippen LogP contribution < -0.4 is 0 Å². The molecule has 2 heteroatoms. The van der Waals surface area contributed by atoms with Crippen molar-refractivity contribution in [2.24, 2.45) is 0 Å². The van der Waals surface area contributed by atoms with E-state index in [1.807, 2.05) is 36.4 Å². The molecule has 0 saturated carbocycles. The molecule has 0 amide bonds. The molecule has 0 aliphatic carbocycles. The molecule has 0 aliphatic rings. The number of hydrogen-bond acceptors (Lipinski definition) is 2. The third-order valence-corrected chi connectivity index (χ3v) is 3.12. The van der Waals surface area contributed by atoms with Gasteiger partial charge in [-0.25, -0.2) is 0 Å². The van der Waals surface area contributed by atoms with Crippen LogP contribution in [0.25, 0.3) is 0 Å². The van der Waals surface area contributed by atoms with Gasteiger partial charge in [0.2, 0.25) is 0 Å². The summed E-state index contributed by atoms with van der Waals surface area (Å²) in [5, 5.41) is 18.1. The monoisotopic (exact) mass is 242 g/mol. The van der Waals surface area contributed by atoms with Gasteiger partial charge in [-0.2, -0.15) is 0 Å². The van der Waals surface area contributed by atoms with Crippen LogP contribution in [-0.4, -0.2) is 16.5 Å². The molecule has 0 radical (unpaired) electrons. The van der Waals surface area contributed by atoms with Crippen LogP contribution in [-0.2, 0) is 0 Å². The number of benzene rings is 2. The molecule has 0 aromatic heterocycles. The summed E-state index contributed by atoms with van der Waals surface area (Å²) in [7, 11) is 0. The lowest BCUT2D eigenvalue weighted by Gasteiger charge is -2.18. The Kier molecular flexibility index (Phi) is 4.51. The van der Waals surface area contributed by atoms with E-state index in [1.54, 1.807) is 0 Å². The summed E-state index contributed by atoms with van der Waals surface area (Å²) in [6.45, 7) is 0. The van der Waals surface area contributed by atoms with Gasteiger partial charge in [0.1, 0.15) is 0 Å². The Morgan fingerprint density at radius 1 is 0.667 bits per heavy atom. The van der Waals surface area contributed by atoms with Gasteiger partial charge in [0.25, 0.3) is 0 Å². The second kappa shape index (κ2) is 6.34. The molecule has 0 saturated heterocycles. The molecule has 2 aromatic carbocycles. The minimum absolute atomic E-state index is 0.217. The molecule has 0 heterocycles. The first-order chi connectivity index (χ1) is 8.77. The van der Waals surface area contributed by atoms with E-state index in [0.717, 1.165) is 6.42 Å². The summed E-state index contributed by atoms with van der Waals surface area (Å²) in [5.41, 5.74) is 2.42. The minimum Gasteiger partial charge on any atom is -0.368 e. The second-order valence-corrected chi connectivity index (χ2v) is 4.43. The molecule has 0 unspecified atom stereocenters. The van der Waals surface area contributed by atoms with Crippen LogP contribution in [0.1, 0.15) is 29.9 Å². The van der Waals surface area contributed by atoms with E-state index in [2.05, 4.69) is 24.3 Å². The average molecular weight is 242 g/mol. The standard InChI is InChI=1S/C16H18O2/c17-16(18)12-11-15(13-7-3-1-4-8-13)14-9-5-2-6-10-14/h1-10,15-18H,11-12H2. The first-order valence-corrected chi connectivity index (χ1v) is 6.23. The topological polar surface area (TPSA) is 40.5 Å². The average Bonchev–Trinajstić information content (AvgIpc) is 2.41. The highest BCUT2D eigenvalue weighted by atomic mass is 16.5. The van der Waals surface area contributed by atoms with Crippen molar-refractivity contribution in [2.45, 2.75) is 25.0 Å². The van der Waals surface area contributed by atoms with Gasteiger partial charge in [-0.05, 0) is 24.0 Å². The van der Waals surface area contributed by atoms with E-state index in [9.17, 15) is 0 Å². The Labute approximate surface area is 108 Å². The maximum absolute atomic E-state index is 9.05. The lowest BCUT2D eigenvalue weighted by atomic mass is 9.87. The van der Waals surface area contributed by atoms with E-state index in [1.165, 1.54) is 11.1 Å². The van der Waals surface area contributed by atoms with Crippen LogP contribution >= 0.6 is 0 Å². The van der Waals surface area contributed by atoms with Crippen LogP contribution in [0, 0.1) is 0 Å². The van der Waals surface area contributed by atoms with Crippen LogP contribution in [0.15, 0.2) is 60.7 Å². The molecule has 2 aromatic rings. The summed E-state index contributed by atoms with van der Waals surface area (Å²) in [6, 6.07) is 20.4. The summed E-state index contributed by atoms with van der Waals surface area (Å²) in [5.74, 6) is 0.217. The first kappa shape index (κ1) is 12.8. The van der Waals surface area contributed by atoms with Crippen molar-refractivity contribution in [1.29, 1.82) is 0 Å². The highest BCUT2D eigenvalue weighted by Gasteiger charge is 2.14. The zero-order chi connectivity index (χ0) is 12.8. The summed E-state index contributed by atoms with van der Waals surface area (Å²) in [6.07, 6.45) is -0.125. The molecule has 0 atom stereocenters. The molecule has 0 aliphatic heterocycles. The lowest BCUT2D eigenvalue weighted by Crippen LogP contribution is -2.08. The smallest absolute Gasteiger partial charge is 0.151 e. The van der Waals surface area contributed by atoms with Crippen LogP contribution in [0.3, 0.4) is 0 Å². The maximum Gasteiger partial charge on any atom is 0.151 e. The summed E-state index contributed by atoms with van der Waals surface area (Å²) in [4.78, 5) is 0. The maximum atomic E-state index is 9.05. The van der Waals surface area contributed by atoms with E-state index < -0.39 is 6.29 Å². The Hall–Kier alpha value is -1.64. The van der Waals surface area contributed by atoms with Gasteiger partial charge in [0.05, 0.1) is 0 Å². The van der Waals surface area contributed by atoms with Crippen molar-refractivity contribution in [3.8, 4) is 0 Å². The third kappa shape index (κ3) is 3.42. The first-order valence-electron chi connectivity index (χ1n) is 6.23. The molecule has 0 bridgehead atoms. The SMILES string of the molecule is OC(O)CCC(c1ccccc1)c1ccccc1. The van der Waals surface area contributed by atoms with E-state index in [4.69, 9.17) is 10.2 Å². The number of aliphatic hydroxyl groups excluding tert-OH is 1. The van der Waals surface area contributed by atoms with E-state index in [-0.39, 0.29) is 5.92 Å². The molecular formula is C16H18O2. The lowest BCUT2D eigenvalue weighted by molar-refractivity contribution is -0.0468. The quantitative estimate of drug-likeness (QED) is 0.791. The second-order valence-electron chi connectivity index (χ2n) is 4.43. The van der Waals surface area contributed by atoms with Gasteiger partial charge in [0, 0.05) is 5.92 Å². The Morgan fingerprint density at radius 3 is 1.50 bits per heavy atom. The van der Waals surface area contributed by atoms with Gasteiger partial charge in [0.15, 0.2) is 6.29 Å². The molecule has 2 nitrogen and oxygen atoms in total. The molecular weight excluding hydrogens is 224 g/mol. The highest BCUT2D eigenvalue weighted by Crippen LogP contribution is 2.29. The molecule has 0 fully saturated rings. The highest BCUT2D eigenvalue weighted by molar-refractivity contribution is 5.32. The molecule has 2 N–H and O–H groups in total. The largest absolute Gasteiger partial charge is 0.368 e. The van der Waals surface area contributed by atoms with Crippen LogP contribution in [0.4, 0.5) is 0 Å². The normalized spacial score (nSPS) is 11.1. The van der Waals surface area contributed by atoms with Gasteiger partial charge in [-0.1, -0.05) is 60.7 Å². The Morgan fingerprint density at radius 2 is 1.11 bits per heavy atom. The molecule has 94 valence electrons. The van der Waals surface area contributed by atoms with Gasteiger partial charge >= 0.3 is 0 Å². The van der Waals surface area contributed by atoms with Crippen LogP contribution in [0.2, 0.25) is 0 Å². The fourth-order valence-electron chi connectivity index (χ4n) is 2.21. The van der Waals surface area contributed by atoms with Crippen molar-refractivity contribution in [1.82, 2.24) is 0 Å². The fraction of sp³-hybridized carbons (Fsp3) is 0.250. The minimum atomic E-state index is -1.24. The number of aliphatic hydroxyl groups is 2. The number of rotatable bonds is 5. The summed E-state index contributed by atoms with van der Waals surface area (Å²) >= 11 is 0. The van der Waals surface area contributed by atoms with Crippen molar-refractivity contribution >= 4 is 0 Å². The zero-order valence-corrected chi connectivity index (χ0v) is 10.2. The zero-order valence-electron chi connectivity index (χ0n) is 10.2. The molecule has 0 spiro atoms. The van der Waals surface area contributed by atoms with Crippen molar-refractivity contribution in [3.63, 3.8) is 0 Å². The van der Waals surface area contributed by atoms with Crippen molar-refractivity contribution < 1.29 is 10.2 Å². The number of hydrogen-bond donors (Lipinski definition) is 2. The van der Waals surface area contributed by atoms with Gasteiger partial charge in [-0.15, -0.1) is 0 Å².